The summed E-state index contributed by atoms with van der Waals surface area (Å²) in [5.41, 5.74) is 0.550. The van der Waals surface area contributed by atoms with E-state index in [2.05, 4.69) is 10.1 Å². The van der Waals surface area contributed by atoms with Crippen LogP contribution in [-0.2, 0) is 0 Å². The zero-order valence-electron chi connectivity index (χ0n) is 8.32. The number of aromatic nitrogens is 2. The molecule has 0 aliphatic rings. The van der Waals surface area contributed by atoms with Gasteiger partial charge in [-0.2, -0.15) is 4.98 Å². The van der Waals surface area contributed by atoms with Crippen LogP contribution in [0.5, 0.6) is 0 Å². The maximum absolute atomic E-state index is 9.26. The largest absolute Gasteiger partial charge is 0.385 e. The molecule has 0 aliphatic heterocycles. The molecule has 0 saturated carbocycles. The van der Waals surface area contributed by atoms with Gasteiger partial charge in [0.05, 0.1) is 15.6 Å². The highest BCUT2D eigenvalue weighted by Gasteiger charge is 2.15. The van der Waals surface area contributed by atoms with Gasteiger partial charge in [0.25, 0.3) is 5.89 Å². The molecular formula is C10H8Cl2N2O2. The molecule has 1 heterocycles. The standard InChI is InChI=1S/C10H8Cl2N2O2/c1-5(15)9-13-10(16-14-9)6-3-2-4-7(11)8(6)12/h2-5,15H,1H3. The summed E-state index contributed by atoms with van der Waals surface area (Å²) in [5, 5.41) is 13.7. The van der Waals surface area contributed by atoms with Gasteiger partial charge in [0, 0.05) is 0 Å². The molecule has 6 heteroatoms. The first-order valence-electron chi connectivity index (χ1n) is 4.55. The van der Waals surface area contributed by atoms with Gasteiger partial charge in [-0.3, -0.25) is 0 Å². The van der Waals surface area contributed by atoms with Crippen LogP contribution >= 0.6 is 23.2 Å². The molecule has 0 saturated heterocycles. The molecule has 0 fully saturated rings. The lowest BCUT2D eigenvalue weighted by atomic mass is 10.2. The lowest BCUT2D eigenvalue weighted by Gasteiger charge is -1.99. The number of rotatable bonds is 2. The van der Waals surface area contributed by atoms with Crippen LogP contribution in [0.4, 0.5) is 0 Å². The van der Waals surface area contributed by atoms with Crippen LogP contribution < -0.4 is 0 Å². The Balaban J connectivity index is 2.47. The van der Waals surface area contributed by atoms with Crippen LogP contribution in [0.1, 0.15) is 18.9 Å². The van der Waals surface area contributed by atoms with Gasteiger partial charge in [-0.15, -0.1) is 0 Å². The van der Waals surface area contributed by atoms with E-state index in [0.29, 0.717) is 15.6 Å². The minimum Gasteiger partial charge on any atom is -0.385 e. The number of hydrogen-bond acceptors (Lipinski definition) is 4. The lowest BCUT2D eigenvalue weighted by Crippen LogP contribution is -1.93. The maximum Gasteiger partial charge on any atom is 0.259 e. The van der Waals surface area contributed by atoms with Crippen LogP contribution in [0, 0.1) is 0 Å². The first-order chi connectivity index (χ1) is 7.59. The van der Waals surface area contributed by atoms with Crippen molar-refractivity contribution in [3.05, 3.63) is 34.1 Å². The molecular weight excluding hydrogens is 251 g/mol. The van der Waals surface area contributed by atoms with E-state index in [-0.39, 0.29) is 11.7 Å². The van der Waals surface area contributed by atoms with Crippen molar-refractivity contribution in [3.8, 4) is 11.5 Å². The van der Waals surface area contributed by atoms with Crippen molar-refractivity contribution in [3.63, 3.8) is 0 Å². The fourth-order valence-electron chi connectivity index (χ4n) is 1.18. The van der Waals surface area contributed by atoms with E-state index in [4.69, 9.17) is 27.7 Å². The summed E-state index contributed by atoms with van der Waals surface area (Å²) in [6, 6.07) is 5.11. The number of benzene rings is 1. The highest BCUT2D eigenvalue weighted by atomic mass is 35.5. The summed E-state index contributed by atoms with van der Waals surface area (Å²) in [7, 11) is 0. The number of halogens is 2. The molecule has 0 amide bonds. The summed E-state index contributed by atoms with van der Waals surface area (Å²) in [6.45, 7) is 1.55. The summed E-state index contributed by atoms with van der Waals surface area (Å²) < 4.78 is 4.98. The number of hydrogen-bond donors (Lipinski definition) is 1. The van der Waals surface area contributed by atoms with Crippen LogP contribution in [0.2, 0.25) is 10.0 Å². The van der Waals surface area contributed by atoms with E-state index >= 15 is 0 Å². The lowest BCUT2D eigenvalue weighted by molar-refractivity contribution is 0.184. The van der Waals surface area contributed by atoms with Gasteiger partial charge in [0.2, 0.25) is 0 Å². The molecule has 1 aromatic carbocycles. The van der Waals surface area contributed by atoms with Gasteiger partial charge in [0.15, 0.2) is 5.82 Å². The second-order valence-corrected chi connectivity index (χ2v) is 4.02. The monoisotopic (exact) mass is 258 g/mol. The van der Waals surface area contributed by atoms with Gasteiger partial charge in [-0.25, -0.2) is 0 Å². The third kappa shape index (κ3) is 2.04. The molecule has 2 aromatic rings. The van der Waals surface area contributed by atoms with Crippen molar-refractivity contribution in [2.75, 3.05) is 0 Å². The molecule has 0 spiro atoms. The van der Waals surface area contributed by atoms with Crippen LogP contribution in [-0.4, -0.2) is 15.2 Å². The first-order valence-corrected chi connectivity index (χ1v) is 5.31. The first kappa shape index (κ1) is 11.4. The Hall–Kier alpha value is -1.10. The zero-order valence-corrected chi connectivity index (χ0v) is 9.83. The van der Waals surface area contributed by atoms with Gasteiger partial charge in [-0.1, -0.05) is 34.4 Å². The third-order valence-corrected chi connectivity index (χ3v) is 2.82. The van der Waals surface area contributed by atoms with Gasteiger partial charge >= 0.3 is 0 Å². The maximum atomic E-state index is 9.26. The normalized spacial score (nSPS) is 12.8. The Morgan fingerprint density at radius 3 is 2.75 bits per heavy atom. The fraction of sp³-hybridized carbons (Fsp3) is 0.200. The summed E-state index contributed by atoms with van der Waals surface area (Å²) in [4.78, 5) is 4.01. The van der Waals surface area contributed by atoms with E-state index in [1.807, 2.05) is 0 Å². The highest BCUT2D eigenvalue weighted by molar-refractivity contribution is 6.43. The Morgan fingerprint density at radius 2 is 2.12 bits per heavy atom. The average Bonchev–Trinajstić information content (AvgIpc) is 2.71. The Labute approximate surface area is 102 Å². The average molecular weight is 259 g/mol. The minimum atomic E-state index is -0.782. The van der Waals surface area contributed by atoms with Gasteiger partial charge < -0.3 is 9.63 Å². The molecule has 1 atom stereocenters. The third-order valence-electron chi connectivity index (χ3n) is 2.00. The van der Waals surface area contributed by atoms with Crippen molar-refractivity contribution >= 4 is 23.2 Å². The van der Waals surface area contributed by atoms with E-state index in [0.717, 1.165) is 0 Å². The fourth-order valence-corrected chi connectivity index (χ4v) is 1.56. The van der Waals surface area contributed by atoms with Crippen molar-refractivity contribution in [2.24, 2.45) is 0 Å². The van der Waals surface area contributed by atoms with E-state index in [1.54, 1.807) is 25.1 Å². The molecule has 2 rings (SSSR count). The van der Waals surface area contributed by atoms with Crippen molar-refractivity contribution < 1.29 is 9.63 Å². The highest BCUT2D eigenvalue weighted by Crippen LogP contribution is 2.32. The predicted molar refractivity (Wildman–Crippen MR) is 60.4 cm³/mol. The van der Waals surface area contributed by atoms with E-state index < -0.39 is 6.10 Å². The van der Waals surface area contributed by atoms with E-state index in [1.165, 1.54) is 0 Å². The number of nitrogens with zero attached hydrogens (tertiary/aromatic N) is 2. The molecule has 0 bridgehead atoms. The van der Waals surface area contributed by atoms with Crippen LogP contribution in [0.15, 0.2) is 22.7 Å². The topological polar surface area (TPSA) is 59.2 Å². The van der Waals surface area contributed by atoms with Crippen molar-refractivity contribution in [1.29, 1.82) is 0 Å². The molecule has 1 N–H and O–H groups in total. The SMILES string of the molecule is CC(O)c1noc(-c2cccc(Cl)c2Cl)n1. The molecule has 16 heavy (non-hydrogen) atoms. The second-order valence-electron chi connectivity index (χ2n) is 3.24. The molecule has 1 unspecified atom stereocenters. The molecule has 1 aromatic heterocycles. The zero-order chi connectivity index (χ0) is 11.7. The summed E-state index contributed by atoms with van der Waals surface area (Å²) in [5.74, 6) is 0.453. The number of aliphatic hydroxyl groups excluding tert-OH is 1. The molecule has 84 valence electrons. The number of aliphatic hydroxyl groups is 1. The Morgan fingerprint density at radius 1 is 1.38 bits per heavy atom. The molecule has 4 nitrogen and oxygen atoms in total. The van der Waals surface area contributed by atoms with Crippen LogP contribution in [0.25, 0.3) is 11.5 Å². The predicted octanol–water partition coefficient (Wildman–Crippen LogP) is 3.10. The van der Waals surface area contributed by atoms with Gasteiger partial charge in [0.1, 0.15) is 6.10 Å². The van der Waals surface area contributed by atoms with E-state index in [9.17, 15) is 5.11 Å². The quantitative estimate of drug-likeness (QED) is 0.900. The summed E-state index contributed by atoms with van der Waals surface area (Å²) in [6.07, 6.45) is -0.782. The smallest absolute Gasteiger partial charge is 0.259 e. The minimum absolute atomic E-state index is 0.214. The Bertz CT molecular complexity index is 511. The van der Waals surface area contributed by atoms with Crippen molar-refractivity contribution in [1.82, 2.24) is 10.1 Å². The summed E-state index contributed by atoms with van der Waals surface area (Å²) >= 11 is 11.9. The molecule has 0 radical (unpaired) electrons. The Kier molecular flexibility index (Phi) is 3.14. The second kappa shape index (κ2) is 4.41. The van der Waals surface area contributed by atoms with Crippen LogP contribution in [0.3, 0.4) is 0 Å². The van der Waals surface area contributed by atoms with Crippen molar-refractivity contribution in [2.45, 2.75) is 13.0 Å². The molecule has 0 aliphatic carbocycles. The van der Waals surface area contributed by atoms with Gasteiger partial charge in [-0.05, 0) is 19.1 Å².